The molecule has 2 unspecified atom stereocenters. The number of ether oxygens (including phenoxy) is 1. The molecule has 0 spiro atoms. The minimum Gasteiger partial charge on any atom is -0.469 e. The van der Waals surface area contributed by atoms with E-state index >= 15 is 0 Å². The molecule has 0 saturated carbocycles. The van der Waals surface area contributed by atoms with E-state index in [-0.39, 0.29) is 35.5 Å². The van der Waals surface area contributed by atoms with Gasteiger partial charge in [-0.2, -0.15) is 0 Å². The van der Waals surface area contributed by atoms with Crippen LogP contribution in [0.2, 0.25) is 0 Å². The molecular weight excluding hydrogens is 558 g/mol. The van der Waals surface area contributed by atoms with Crippen molar-refractivity contribution in [2.75, 3.05) is 25.0 Å². The van der Waals surface area contributed by atoms with Crippen LogP contribution in [0.3, 0.4) is 0 Å². The van der Waals surface area contributed by atoms with Gasteiger partial charge < -0.3 is 20.5 Å². The van der Waals surface area contributed by atoms with Crippen molar-refractivity contribution in [3.63, 3.8) is 0 Å². The number of methoxy groups -OCH3 is 1. The summed E-state index contributed by atoms with van der Waals surface area (Å²) in [5, 5.41) is 16.8. The molecule has 0 aromatic heterocycles. The van der Waals surface area contributed by atoms with Crippen LogP contribution in [0.1, 0.15) is 68.8 Å². The number of aliphatic hydroxyl groups is 1. The first-order valence-electron chi connectivity index (χ1n) is 14.3. The van der Waals surface area contributed by atoms with Gasteiger partial charge >= 0.3 is 5.97 Å². The topological polar surface area (TPSA) is 142 Å². The first-order valence-corrected chi connectivity index (χ1v) is 15.9. The summed E-state index contributed by atoms with van der Waals surface area (Å²) in [6.07, 6.45) is 1.17. The summed E-state index contributed by atoms with van der Waals surface area (Å²) in [5.74, 6) is -1.47. The number of hydrogen-bond donors (Lipinski definition) is 3. The van der Waals surface area contributed by atoms with E-state index in [2.05, 4.69) is 15.4 Å². The summed E-state index contributed by atoms with van der Waals surface area (Å²) in [7, 11) is -0.908. The zero-order valence-corrected chi connectivity index (χ0v) is 26.0. The average molecular weight is 604 g/mol. The summed E-state index contributed by atoms with van der Waals surface area (Å²) >= 11 is 0. The Labute approximate surface area is 249 Å². The quantitative estimate of drug-likeness (QED) is 0.185. The first-order chi connectivity index (χ1) is 19.8. The summed E-state index contributed by atoms with van der Waals surface area (Å²) in [4.78, 5) is 37.0. The lowest BCUT2D eigenvalue weighted by Gasteiger charge is -2.28. The van der Waals surface area contributed by atoms with Crippen LogP contribution in [0.4, 0.5) is 5.69 Å². The van der Waals surface area contributed by atoms with Gasteiger partial charge in [0.1, 0.15) is 0 Å². The maximum Gasteiger partial charge on any atom is 0.305 e. The van der Waals surface area contributed by atoms with Gasteiger partial charge in [0.2, 0.25) is 15.9 Å². The Morgan fingerprint density at radius 1 is 0.976 bits per heavy atom. The van der Waals surface area contributed by atoms with Crippen LogP contribution in [0.5, 0.6) is 0 Å². The molecular formula is C31H45N3O7S. The van der Waals surface area contributed by atoms with Crippen molar-refractivity contribution in [1.82, 2.24) is 10.6 Å². The number of amides is 2. The lowest BCUT2D eigenvalue weighted by Crippen LogP contribution is -2.46. The highest BCUT2D eigenvalue weighted by molar-refractivity contribution is 7.92. The smallest absolute Gasteiger partial charge is 0.305 e. The molecule has 232 valence electrons. The second-order valence-corrected chi connectivity index (χ2v) is 13.0. The number of unbranched alkanes of at least 4 members (excludes halogenated alkanes) is 1. The zero-order valence-electron chi connectivity index (χ0n) is 25.2. The van der Waals surface area contributed by atoms with E-state index in [0.717, 1.165) is 4.31 Å². The van der Waals surface area contributed by atoms with Crippen LogP contribution in [-0.2, 0) is 30.1 Å². The number of aliphatic hydroxyl groups excluding tert-OH is 1. The number of carbonyl (C=O) groups is 3. The summed E-state index contributed by atoms with van der Waals surface area (Å²) in [6.45, 7) is 6.08. The lowest BCUT2D eigenvalue weighted by molar-refractivity contribution is -0.140. The number of nitrogens with one attached hydrogen (secondary N) is 2. The number of nitrogens with zero attached hydrogens (tertiary/aromatic N) is 1. The van der Waals surface area contributed by atoms with Crippen molar-refractivity contribution in [3.8, 4) is 0 Å². The fourth-order valence-corrected chi connectivity index (χ4v) is 5.71. The Morgan fingerprint density at radius 2 is 1.67 bits per heavy atom. The second kappa shape index (κ2) is 16.9. The van der Waals surface area contributed by atoms with Crippen LogP contribution in [-0.4, -0.2) is 64.2 Å². The molecule has 11 heteroatoms. The Kier molecular flexibility index (Phi) is 14.0. The molecule has 2 aromatic carbocycles. The lowest BCUT2D eigenvalue weighted by atomic mass is 9.92. The third kappa shape index (κ3) is 11.4. The SMILES string of the molecule is COC(=O)CCCCNC(=O)C(C)CC(O)[C@H](CC(C)C)NC(=O)c1cccc(N(C)S(=O)(=O)Cc2ccccc2)c1. The highest BCUT2D eigenvalue weighted by atomic mass is 32.2. The fourth-order valence-electron chi connectivity index (χ4n) is 4.47. The molecule has 0 fully saturated rings. The molecule has 2 rings (SSSR count). The Hall–Kier alpha value is -3.44. The molecule has 3 N–H and O–H groups in total. The Balaban J connectivity index is 2.02. The minimum atomic E-state index is -3.70. The maximum atomic E-state index is 13.2. The van der Waals surface area contributed by atoms with E-state index in [9.17, 15) is 27.9 Å². The highest BCUT2D eigenvalue weighted by Gasteiger charge is 2.27. The molecule has 0 radical (unpaired) electrons. The van der Waals surface area contributed by atoms with Gasteiger partial charge in [-0.1, -0.05) is 57.2 Å². The molecule has 0 aliphatic heterocycles. The van der Waals surface area contributed by atoms with Crippen molar-refractivity contribution >= 4 is 33.5 Å². The van der Waals surface area contributed by atoms with Gasteiger partial charge in [-0.25, -0.2) is 8.42 Å². The average Bonchev–Trinajstić information content (AvgIpc) is 2.95. The Bertz CT molecular complexity index is 1270. The number of hydrogen-bond acceptors (Lipinski definition) is 7. The van der Waals surface area contributed by atoms with Crippen LogP contribution < -0.4 is 14.9 Å². The van der Waals surface area contributed by atoms with Gasteiger partial charge in [0.15, 0.2) is 0 Å². The summed E-state index contributed by atoms with van der Waals surface area (Å²) in [6, 6.07) is 14.6. The molecule has 0 aliphatic rings. The third-order valence-electron chi connectivity index (χ3n) is 6.96. The molecule has 2 aromatic rings. The molecule has 0 heterocycles. The summed E-state index contributed by atoms with van der Waals surface area (Å²) < 4.78 is 31.8. The molecule has 42 heavy (non-hydrogen) atoms. The minimum absolute atomic E-state index is 0.145. The molecule has 2 amide bonds. The van der Waals surface area contributed by atoms with Crippen molar-refractivity contribution in [3.05, 3.63) is 65.7 Å². The van der Waals surface area contributed by atoms with Crippen molar-refractivity contribution in [2.45, 2.75) is 70.8 Å². The molecule has 0 aliphatic carbocycles. The molecule has 3 atom stereocenters. The van der Waals surface area contributed by atoms with Gasteiger partial charge in [0.25, 0.3) is 5.91 Å². The van der Waals surface area contributed by atoms with Gasteiger partial charge in [0, 0.05) is 31.5 Å². The fraction of sp³-hybridized carbons (Fsp3) is 0.516. The largest absolute Gasteiger partial charge is 0.469 e. The second-order valence-electron chi connectivity index (χ2n) is 11.0. The first kappa shape index (κ1) is 34.8. The predicted molar refractivity (Wildman–Crippen MR) is 163 cm³/mol. The van der Waals surface area contributed by atoms with Crippen LogP contribution in [0, 0.1) is 11.8 Å². The van der Waals surface area contributed by atoms with Crippen molar-refractivity contribution in [2.24, 2.45) is 11.8 Å². The number of benzene rings is 2. The number of carbonyl (C=O) groups excluding carboxylic acids is 3. The van der Waals surface area contributed by atoms with E-state index in [4.69, 9.17) is 0 Å². The van der Waals surface area contributed by atoms with E-state index in [1.54, 1.807) is 49.4 Å². The number of rotatable bonds is 17. The van der Waals surface area contributed by atoms with Gasteiger partial charge in [-0.3, -0.25) is 18.7 Å². The monoisotopic (exact) mass is 603 g/mol. The third-order valence-corrected chi connectivity index (χ3v) is 8.71. The van der Waals surface area contributed by atoms with Crippen LogP contribution >= 0.6 is 0 Å². The highest BCUT2D eigenvalue weighted by Crippen LogP contribution is 2.22. The maximum absolute atomic E-state index is 13.2. The zero-order chi connectivity index (χ0) is 31.3. The molecule has 0 saturated heterocycles. The van der Waals surface area contributed by atoms with Crippen molar-refractivity contribution < 1.29 is 32.6 Å². The van der Waals surface area contributed by atoms with Gasteiger partial charge in [0.05, 0.1) is 30.7 Å². The molecule has 0 bridgehead atoms. The van der Waals surface area contributed by atoms with E-state index < -0.39 is 34.0 Å². The van der Waals surface area contributed by atoms with Crippen LogP contribution in [0.15, 0.2) is 54.6 Å². The summed E-state index contributed by atoms with van der Waals surface area (Å²) in [5.41, 5.74) is 1.26. The normalized spacial score (nSPS) is 13.6. The number of sulfonamides is 1. The Morgan fingerprint density at radius 3 is 2.31 bits per heavy atom. The molecule has 10 nitrogen and oxygen atoms in total. The number of esters is 1. The van der Waals surface area contributed by atoms with E-state index in [1.165, 1.54) is 20.2 Å². The van der Waals surface area contributed by atoms with Crippen LogP contribution in [0.25, 0.3) is 0 Å². The standard InChI is InChI=1S/C31H45N3O7S/c1-22(2)18-27(28(35)19-23(3)30(37)32-17-10-9-16-29(36)41-5)33-31(38)25-14-11-15-26(20-25)34(4)42(39,40)21-24-12-7-6-8-13-24/h6-8,11-15,20,22-23,27-28,35H,9-10,16-19,21H2,1-5H3,(H,32,37)(H,33,38)/t23?,27-,28?/m0/s1. The number of anilines is 1. The van der Waals surface area contributed by atoms with Gasteiger partial charge in [-0.15, -0.1) is 0 Å². The van der Waals surface area contributed by atoms with E-state index in [0.29, 0.717) is 43.5 Å². The predicted octanol–water partition coefficient (Wildman–Crippen LogP) is 3.64. The van der Waals surface area contributed by atoms with Crippen molar-refractivity contribution in [1.29, 1.82) is 0 Å². The van der Waals surface area contributed by atoms with Gasteiger partial charge in [-0.05, 0) is 55.4 Å². The van der Waals surface area contributed by atoms with E-state index in [1.807, 2.05) is 19.9 Å².